The molecule has 2 heterocycles. The van der Waals surface area contributed by atoms with Crippen LogP contribution < -0.4 is 0 Å². The summed E-state index contributed by atoms with van der Waals surface area (Å²) >= 11 is 9.42. The normalized spacial score (nSPS) is 10.6. The quantitative estimate of drug-likeness (QED) is 0.721. The Bertz CT molecular complexity index is 714. The summed E-state index contributed by atoms with van der Waals surface area (Å²) in [6.45, 7) is 0. The summed E-state index contributed by atoms with van der Waals surface area (Å²) in [4.78, 5) is 12.6. The van der Waals surface area contributed by atoms with Crippen molar-refractivity contribution in [3.63, 3.8) is 0 Å². The third kappa shape index (κ3) is 2.50. The van der Waals surface area contributed by atoms with E-state index >= 15 is 0 Å². The molecule has 0 amide bonds. The first-order valence-corrected chi connectivity index (χ1v) is 6.57. The van der Waals surface area contributed by atoms with E-state index in [4.69, 9.17) is 11.6 Å². The summed E-state index contributed by atoms with van der Waals surface area (Å²) in [6, 6.07) is 9.44. The summed E-state index contributed by atoms with van der Waals surface area (Å²) in [5.74, 6) is 0.883. The van der Waals surface area contributed by atoms with Gasteiger partial charge in [0.15, 0.2) is 5.82 Å². The Morgan fingerprint density at radius 1 is 1.05 bits per heavy atom. The van der Waals surface area contributed by atoms with Crippen LogP contribution in [0, 0.1) is 0 Å². The number of benzene rings is 1. The topological polar surface area (TPSA) is 56.5 Å². The Kier molecular flexibility index (Phi) is 3.27. The van der Waals surface area contributed by atoms with Crippen LogP contribution in [0.25, 0.3) is 17.3 Å². The molecule has 19 heavy (non-hydrogen) atoms. The number of aromatic nitrogens is 5. The Labute approximate surface area is 122 Å². The number of hydrogen-bond donors (Lipinski definition) is 0. The summed E-state index contributed by atoms with van der Waals surface area (Å²) in [7, 11) is 0. The number of hydrogen-bond acceptors (Lipinski definition) is 4. The summed E-state index contributed by atoms with van der Waals surface area (Å²) in [6.07, 6.45) is 3.39. The van der Waals surface area contributed by atoms with Crippen LogP contribution in [0.4, 0.5) is 0 Å². The molecule has 7 heteroatoms. The molecule has 94 valence electrons. The fourth-order valence-corrected chi connectivity index (χ4v) is 2.21. The second-order valence-corrected chi connectivity index (χ2v) is 4.85. The molecule has 0 fully saturated rings. The Balaban J connectivity index is 2.16. The molecule has 0 atom stereocenters. The zero-order valence-corrected chi connectivity index (χ0v) is 11.9. The molecule has 5 nitrogen and oxygen atoms in total. The predicted molar refractivity (Wildman–Crippen MR) is 75.1 cm³/mol. The molecule has 0 N–H and O–H groups in total. The van der Waals surface area contributed by atoms with Gasteiger partial charge in [0.1, 0.15) is 0 Å². The fourth-order valence-electron chi connectivity index (χ4n) is 1.59. The molecule has 0 saturated carbocycles. The Hall–Kier alpha value is -1.79. The van der Waals surface area contributed by atoms with Crippen LogP contribution in [-0.4, -0.2) is 24.7 Å². The molecule has 0 aliphatic carbocycles. The van der Waals surface area contributed by atoms with Gasteiger partial charge in [-0.25, -0.2) is 4.68 Å². The maximum absolute atomic E-state index is 5.95. The van der Waals surface area contributed by atoms with Crippen molar-refractivity contribution in [1.82, 2.24) is 24.7 Å². The van der Waals surface area contributed by atoms with E-state index in [9.17, 15) is 0 Å². The monoisotopic (exact) mass is 335 g/mol. The van der Waals surface area contributed by atoms with E-state index in [0.717, 1.165) is 10.0 Å². The number of rotatable bonds is 2. The van der Waals surface area contributed by atoms with Crippen LogP contribution in [0.3, 0.4) is 0 Å². The van der Waals surface area contributed by atoms with Crippen LogP contribution in [0.2, 0.25) is 5.28 Å². The largest absolute Gasteiger partial charge is 0.255 e. The van der Waals surface area contributed by atoms with Crippen molar-refractivity contribution < 1.29 is 0 Å². The number of halogens is 2. The van der Waals surface area contributed by atoms with Crippen molar-refractivity contribution in [1.29, 1.82) is 0 Å². The second-order valence-electron chi connectivity index (χ2n) is 3.66. The lowest BCUT2D eigenvalue weighted by molar-refractivity contribution is 0.797. The maximum atomic E-state index is 5.95. The molecular formula is C12H7BrClN5. The minimum atomic E-state index is 0.131. The van der Waals surface area contributed by atoms with Crippen molar-refractivity contribution in [2.45, 2.75) is 0 Å². The molecule has 0 radical (unpaired) electrons. The van der Waals surface area contributed by atoms with Gasteiger partial charge in [-0.05, 0) is 23.7 Å². The van der Waals surface area contributed by atoms with Crippen LogP contribution in [0.1, 0.15) is 0 Å². The average molecular weight is 337 g/mol. The maximum Gasteiger partial charge on any atom is 0.255 e. The highest BCUT2D eigenvalue weighted by Crippen LogP contribution is 2.25. The molecule has 3 aromatic rings. The molecular weight excluding hydrogens is 330 g/mol. The lowest BCUT2D eigenvalue weighted by atomic mass is 10.2. The smallest absolute Gasteiger partial charge is 0.206 e. The highest BCUT2D eigenvalue weighted by molar-refractivity contribution is 9.10. The van der Waals surface area contributed by atoms with Gasteiger partial charge >= 0.3 is 0 Å². The standard InChI is InChI=1S/C12H7BrClN5/c13-9-5-2-1-4-8(9)10-16-11(14)18-12(17-10)19-7-3-6-15-19/h1-7H. The zero-order valence-electron chi connectivity index (χ0n) is 9.53. The third-order valence-corrected chi connectivity index (χ3v) is 3.28. The Morgan fingerprint density at radius 3 is 2.63 bits per heavy atom. The molecule has 1 aromatic carbocycles. The van der Waals surface area contributed by atoms with Crippen LogP contribution in [0.15, 0.2) is 47.2 Å². The molecule has 0 unspecified atom stereocenters. The predicted octanol–water partition coefficient (Wildman–Crippen LogP) is 3.14. The average Bonchev–Trinajstić information content (AvgIpc) is 2.92. The van der Waals surface area contributed by atoms with Crippen molar-refractivity contribution in [2.24, 2.45) is 0 Å². The molecule has 0 aliphatic heterocycles. The van der Waals surface area contributed by atoms with E-state index in [2.05, 4.69) is 36.0 Å². The van der Waals surface area contributed by atoms with Crippen molar-refractivity contribution in [2.75, 3.05) is 0 Å². The van der Waals surface area contributed by atoms with Crippen molar-refractivity contribution in [3.8, 4) is 17.3 Å². The van der Waals surface area contributed by atoms with Crippen molar-refractivity contribution in [3.05, 3.63) is 52.5 Å². The molecule has 3 rings (SSSR count). The summed E-state index contributed by atoms with van der Waals surface area (Å²) < 4.78 is 2.43. The SMILES string of the molecule is Clc1nc(-c2ccccc2Br)nc(-n2cccn2)n1. The van der Waals surface area contributed by atoms with Gasteiger partial charge in [-0.2, -0.15) is 20.1 Å². The molecule has 0 bridgehead atoms. The van der Waals surface area contributed by atoms with E-state index in [-0.39, 0.29) is 5.28 Å². The summed E-state index contributed by atoms with van der Waals surface area (Å²) in [5.41, 5.74) is 0.847. The van der Waals surface area contributed by atoms with Gasteiger partial charge in [0.25, 0.3) is 5.95 Å². The minimum Gasteiger partial charge on any atom is -0.206 e. The lowest BCUT2D eigenvalue weighted by Crippen LogP contribution is -2.05. The van der Waals surface area contributed by atoms with E-state index in [1.54, 1.807) is 18.5 Å². The van der Waals surface area contributed by atoms with E-state index < -0.39 is 0 Å². The highest BCUT2D eigenvalue weighted by Gasteiger charge is 2.11. The molecule has 0 spiro atoms. The van der Waals surface area contributed by atoms with Gasteiger partial charge in [0.2, 0.25) is 5.28 Å². The van der Waals surface area contributed by atoms with Gasteiger partial charge in [-0.15, -0.1) is 0 Å². The van der Waals surface area contributed by atoms with Gasteiger partial charge in [-0.1, -0.05) is 34.1 Å². The van der Waals surface area contributed by atoms with Crippen LogP contribution >= 0.6 is 27.5 Å². The van der Waals surface area contributed by atoms with E-state index in [1.165, 1.54) is 4.68 Å². The second kappa shape index (κ2) is 5.07. The first-order chi connectivity index (χ1) is 9.24. The third-order valence-electron chi connectivity index (χ3n) is 2.42. The minimum absolute atomic E-state index is 0.131. The van der Waals surface area contributed by atoms with Gasteiger partial charge in [-0.3, -0.25) is 0 Å². The lowest BCUT2D eigenvalue weighted by Gasteiger charge is -2.05. The molecule has 0 saturated heterocycles. The molecule has 0 aliphatic rings. The van der Waals surface area contributed by atoms with Crippen molar-refractivity contribution >= 4 is 27.5 Å². The number of nitrogens with zero attached hydrogens (tertiary/aromatic N) is 5. The first-order valence-electron chi connectivity index (χ1n) is 5.40. The first kappa shape index (κ1) is 12.3. The van der Waals surface area contributed by atoms with Gasteiger partial charge in [0, 0.05) is 22.4 Å². The Morgan fingerprint density at radius 2 is 1.89 bits per heavy atom. The summed E-state index contributed by atoms with van der Waals surface area (Å²) in [5, 5.41) is 4.21. The van der Waals surface area contributed by atoms with Gasteiger partial charge < -0.3 is 0 Å². The molecule has 2 aromatic heterocycles. The van der Waals surface area contributed by atoms with Crippen LogP contribution in [0.5, 0.6) is 0 Å². The van der Waals surface area contributed by atoms with E-state index in [0.29, 0.717) is 11.8 Å². The van der Waals surface area contributed by atoms with E-state index in [1.807, 2.05) is 24.3 Å². The zero-order chi connectivity index (χ0) is 13.2. The highest BCUT2D eigenvalue weighted by atomic mass is 79.9. The van der Waals surface area contributed by atoms with Crippen LogP contribution in [-0.2, 0) is 0 Å². The van der Waals surface area contributed by atoms with Gasteiger partial charge in [0.05, 0.1) is 0 Å². The fraction of sp³-hybridized carbons (Fsp3) is 0.